The smallest absolute Gasteiger partial charge is 0.264 e. The molecule has 0 saturated carbocycles. The molecule has 0 radical (unpaired) electrons. The van der Waals surface area contributed by atoms with Crippen molar-refractivity contribution >= 4 is 27.5 Å². The van der Waals surface area contributed by atoms with Gasteiger partial charge >= 0.3 is 0 Å². The summed E-state index contributed by atoms with van der Waals surface area (Å²) >= 11 is 0. The van der Waals surface area contributed by atoms with Crippen LogP contribution in [-0.2, 0) is 26.2 Å². The van der Waals surface area contributed by atoms with Crippen LogP contribution in [0.2, 0.25) is 0 Å². The van der Waals surface area contributed by atoms with E-state index >= 15 is 0 Å². The molecule has 3 aromatic carbocycles. The number of hydrogen-bond acceptors (Lipinski definition) is 5. The van der Waals surface area contributed by atoms with E-state index in [0.29, 0.717) is 23.4 Å². The molecule has 0 fully saturated rings. The van der Waals surface area contributed by atoms with Crippen molar-refractivity contribution in [3.63, 3.8) is 0 Å². The van der Waals surface area contributed by atoms with Gasteiger partial charge in [-0.2, -0.15) is 0 Å². The molecule has 8 nitrogen and oxygen atoms in total. The Hall–Kier alpha value is -3.85. The molecule has 0 aliphatic carbocycles. The van der Waals surface area contributed by atoms with Crippen LogP contribution in [0.25, 0.3) is 0 Å². The van der Waals surface area contributed by atoms with E-state index in [1.54, 1.807) is 68.6 Å². The Bertz CT molecular complexity index is 1330. The van der Waals surface area contributed by atoms with Gasteiger partial charge in [-0.05, 0) is 54.8 Å². The van der Waals surface area contributed by atoms with Gasteiger partial charge in [-0.15, -0.1) is 0 Å². The van der Waals surface area contributed by atoms with E-state index in [1.807, 2.05) is 19.1 Å². The molecule has 0 aromatic heterocycles. The molecule has 0 saturated heterocycles. The number of rotatable bonds is 11. The first-order valence-electron chi connectivity index (χ1n) is 12.0. The summed E-state index contributed by atoms with van der Waals surface area (Å²) in [6.45, 7) is 3.24. The summed E-state index contributed by atoms with van der Waals surface area (Å²) in [5.74, 6) is -0.209. The fourth-order valence-electron chi connectivity index (χ4n) is 4.13. The number of likely N-dealkylation sites (N-methyl/N-ethyl adjacent to an activating group) is 1. The van der Waals surface area contributed by atoms with E-state index in [9.17, 15) is 18.0 Å². The highest BCUT2D eigenvalue weighted by molar-refractivity contribution is 7.92. The SMILES string of the molecule is CC[C@@H](C(=O)NC)N(Cc1cccc(OC)c1)C(=O)CN(c1ccccc1C)S(=O)(=O)c1ccccc1. The standard InChI is InChI=1S/C28H33N3O5S/c1-5-25(28(33)29-3)30(19-22-13-11-14-23(18-22)36-4)27(32)20-31(26-17-10-9-12-21(26)2)37(34,35)24-15-7-6-8-16-24/h6-18,25H,5,19-20H2,1-4H3,(H,29,33)/t25-/m0/s1. The van der Waals surface area contributed by atoms with Crippen LogP contribution in [0.4, 0.5) is 5.69 Å². The maximum absolute atomic E-state index is 13.9. The average Bonchev–Trinajstić information content (AvgIpc) is 2.92. The number of carbonyl (C=O) groups is 2. The maximum Gasteiger partial charge on any atom is 0.264 e. The number of methoxy groups -OCH3 is 1. The van der Waals surface area contributed by atoms with Gasteiger partial charge in [-0.3, -0.25) is 13.9 Å². The lowest BCUT2D eigenvalue weighted by Gasteiger charge is -2.33. The zero-order valence-electron chi connectivity index (χ0n) is 21.5. The first-order chi connectivity index (χ1) is 17.7. The van der Waals surface area contributed by atoms with Crippen LogP contribution in [0.3, 0.4) is 0 Å². The molecule has 1 atom stereocenters. The minimum absolute atomic E-state index is 0.0729. The number of benzene rings is 3. The first-order valence-corrected chi connectivity index (χ1v) is 13.4. The number of aryl methyl sites for hydroxylation is 1. The number of carbonyl (C=O) groups excluding carboxylic acids is 2. The van der Waals surface area contributed by atoms with E-state index in [4.69, 9.17) is 4.74 Å². The Morgan fingerprint density at radius 1 is 0.973 bits per heavy atom. The normalized spacial score (nSPS) is 11.9. The van der Waals surface area contributed by atoms with Gasteiger partial charge in [-0.1, -0.05) is 55.5 Å². The highest BCUT2D eigenvalue weighted by atomic mass is 32.2. The summed E-state index contributed by atoms with van der Waals surface area (Å²) in [6.07, 6.45) is 0.352. The predicted molar refractivity (Wildman–Crippen MR) is 144 cm³/mol. The van der Waals surface area contributed by atoms with Crippen molar-refractivity contribution in [2.75, 3.05) is 25.0 Å². The number of nitrogens with zero attached hydrogens (tertiary/aromatic N) is 2. The third-order valence-electron chi connectivity index (χ3n) is 6.11. The van der Waals surface area contributed by atoms with E-state index in [0.717, 1.165) is 9.87 Å². The number of ether oxygens (including phenoxy) is 1. The Morgan fingerprint density at radius 3 is 2.27 bits per heavy atom. The molecule has 0 spiro atoms. The molecular formula is C28H33N3O5S. The molecule has 3 aromatic rings. The fraction of sp³-hybridized carbons (Fsp3) is 0.286. The van der Waals surface area contributed by atoms with Crippen LogP contribution in [0, 0.1) is 6.92 Å². The molecule has 0 aliphatic rings. The van der Waals surface area contributed by atoms with Crippen molar-refractivity contribution in [3.8, 4) is 5.75 Å². The molecule has 196 valence electrons. The van der Waals surface area contributed by atoms with E-state index < -0.39 is 28.5 Å². The van der Waals surface area contributed by atoms with Crippen LogP contribution in [0.15, 0.2) is 83.8 Å². The topological polar surface area (TPSA) is 96.0 Å². The van der Waals surface area contributed by atoms with Gasteiger partial charge in [0.15, 0.2) is 0 Å². The Kier molecular flexibility index (Phi) is 9.30. The van der Waals surface area contributed by atoms with Gasteiger partial charge < -0.3 is 15.0 Å². The van der Waals surface area contributed by atoms with Crippen LogP contribution < -0.4 is 14.4 Å². The Balaban J connectivity index is 2.06. The largest absolute Gasteiger partial charge is 0.497 e. The van der Waals surface area contributed by atoms with Crippen LogP contribution in [0.5, 0.6) is 5.75 Å². The van der Waals surface area contributed by atoms with Gasteiger partial charge in [0.2, 0.25) is 11.8 Å². The molecule has 37 heavy (non-hydrogen) atoms. The first kappa shape index (κ1) is 27.7. The maximum atomic E-state index is 13.9. The number of para-hydroxylation sites is 1. The van der Waals surface area contributed by atoms with Gasteiger partial charge in [0, 0.05) is 13.6 Å². The van der Waals surface area contributed by atoms with Gasteiger partial charge in [0.05, 0.1) is 17.7 Å². The van der Waals surface area contributed by atoms with Crippen LogP contribution in [0.1, 0.15) is 24.5 Å². The highest BCUT2D eigenvalue weighted by Gasteiger charge is 2.33. The third kappa shape index (κ3) is 6.48. The third-order valence-corrected chi connectivity index (χ3v) is 7.89. The van der Waals surface area contributed by atoms with Crippen molar-refractivity contribution in [1.29, 1.82) is 0 Å². The molecule has 9 heteroatoms. The second kappa shape index (κ2) is 12.4. The summed E-state index contributed by atoms with van der Waals surface area (Å²) in [5, 5.41) is 2.62. The summed E-state index contributed by atoms with van der Waals surface area (Å²) in [7, 11) is -1.02. The van der Waals surface area contributed by atoms with E-state index in [2.05, 4.69) is 5.32 Å². The lowest BCUT2D eigenvalue weighted by Crippen LogP contribution is -2.51. The summed E-state index contributed by atoms with van der Waals surface area (Å²) in [5.41, 5.74) is 1.85. The van der Waals surface area contributed by atoms with Crippen molar-refractivity contribution in [2.45, 2.75) is 37.8 Å². The zero-order chi connectivity index (χ0) is 27.0. The van der Waals surface area contributed by atoms with Crippen molar-refractivity contribution < 1.29 is 22.7 Å². The predicted octanol–water partition coefficient (Wildman–Crippen LogP) is 3.75. The Morgan fingerprint density at radius 2 is 1.65 bits per heavy atom. The summed E-state index contributed by atoms with van der Waals surface area (Å²) in [6, 6.07) is 21.4. The summed E-state index contributed by atoms with van der Waals surface area (Å²) < 4.78 is 34.0. The lowest BCUT2D eigenvalue weighted by atomic mass is 10.1. The molecule has 0 bridgehead atoms. The second-order valence-corrected chi connectivity index (χ2v) is 10.4. The number of hydrogen-bond donors (Lipinski definition) is 1. The lowest BCUT2D eigenvalue weighted by molar-refractivity contribution is -0.140. The minimum Gasteiger partial charge on any atom is -0.497 e. The zero-order valence-corrected chi connectivity index (χ0v) is 22.4. The number of amides is 2. The monoisotopic (exact) mass is 523 g/mol. The molecule has 0 aliphatic heterocycles. The van der Waals surface area contributed by atoms with E-state index in [1.165, 1.54) is 24.1 Å². The van der Waals surface area contributed by atoms with Gasteiger partial charge in [-0.25, -0.2) is 8.42 Å². The number of sulfonamides is 1. The number of nitrogens with one attached hydrogen (secondary N) is 1. The van der Waals surface area contributed by atoms with Gasteiger partial charge in [0.1, 0.15) is 18.3 Å². The average molecular weight is 524 g/mol. The van der Waals surface area contributed by atoms with Gasteiger partial charge in [0.25, 0.3) is 10.0 Å². The molecular weight excluding hydrogens is 490 g/mol. The van der Waals surface area contributed by atoms with Crippen LogP contribution in [-0.4, -0.2) is 51.9 Å². The van der Waals surface area contributed by atoms with Crippen LogP contribution >= 0.6 is 0 Å². The second-order valence-electron chi connectivity index (χ2n) is 8.52. The highest BCUT2D eigenvalue weighted by Crippen LogP contribution is 2.27. The van der Waals surface area contributed by atoms with E-state index in [-0.39, 0.29) is 17.3 Å². The van der Waals surface area contributed by atoms with Crippen molar-refractivity contribution in [2.24, 2.45) is 0 Å². The molecule has 0 unspecified atom stereocenters. The molecule has 1 N–H and O–H groups in total. The molecule has 2 amide bonds. The number of anilines is 1. The quantitative estimate of drug-likeness (QED) is 0.413. The molecule has 3 rings (SSSR count). The summed E-state index contributed by atoms with van der Waals surface area (Å²) in [4.78, 5) is 28.2. The van der Waals surface area contributed by atoms with Crippen molar-refractivity contribution in [1.82, 2.24) is 10.2 Å². The minimum atomic E-state index is -4.08. The Labute approximate surface area is 218 Å². The van der Waals surface area contributed by atoms with Crippen molar-refractivity contribution in [3.05, 3.63) is 90.0 Å². The fourth-order valence-corrected chi connectivity index (χ4v) is 5.63. The molecule has 0 heterocycles.